The summed E-state index contributed by atoms with van der Waals surface area (Å²) in [6, 6.07) is 10.8. The maximum atomic E-state index is 13.4. The Kier molecular flexibility index (Phi) is 6.08. The van der Waals surface area contributed by atoms with E-state index in [1.54, 1.807) is 22.8 Å². The van der Waals surface area contributed by atoms with Crippen molar-refractivity contribution >= 4 is 27.4 Å². The van der Waals surface area contributed by atoms with E-state index in [1.165, 1.54) is 30.6 Å². The predicted octanol–water partition coefficient (Wildman–Crippen LogP) is 2.43. The molecule has 1 amide bonds. The second kappa shape index (κ2) is 9.10. The average molecular weight is 454 g/mol. The molecule has 0 bridgehead atoms. The lowest BCUT2D eigenvalue weighted by molar-refractivity contribution is 0.0953. The molecular formula is C21H19FN6O3S. The number of nitrogens with one attached hydrogen (secondary N) is 2. The molecule has 4 rings (SSSR count). The van der Waals surface area contributed by atoms with E-state index < -0.39 is 15.8 Å². The lowest BCUT2D eigenvalue weighted by atomic mass is 10.1. The molecule has 11 heteroatoms. The number of anilines is 1. The summed E-state index contributed by atoms with van der Waals surface area (Å²) in [6.07, 6.45) is 6.36. The van der Waals surface area contributed by atoms with Crippen LogP contribution in [0.3, 0.4) is 0 Å². The van der Waals surface area contributed by atoms with Gasteiger partial charge in [0.1, 0.15) is 12.1 Å². The molecule has 32 heavy (non-hydrogen) atoms. The lowest BCUT2D eigenvalue weighted by Crippen LogP contribution is -2.25. The minimum absolute atomic E-state index is 0.203. The fraction of sp³-hybridized carbons (Fsp3) is 0.143. The van der Waals surface area contributed by atoms with Crippen molar-refractivity contribution in [2.24, 2.45) is 0 Å². The number of halogens is 1. The van der Waals surface area contributed by atoms with E-state index in [0.717, 1.165) is 17.7 Å². The molecule has 2 aromatic heterocycles. The van der Waals surface area contributed by atoms with E-state index in [0.29, 0.717) is 30.7 Å². The normalized spacial score (nSPS) is 11.4. The lowest BCUT2D eigenvalue weighted by Gasteiger charge is -2.10. The Morgan fingerprint density at radius 1 is 1.09 bits per heavy atom. The highest BCUT2D eigenvalue weighted by atomic mass is 32.2. The number of nitrogens with zero attached hydrogens (tertiary/aromatic N) is 4. The highest BCUT2D eigenvalue weighted by Crippen LogP contribution is 2.18. The number of carbonyl (C=O) groups is 1. The molecule has 4 aromatic rings. The van der Waals surface area contributed by atoms with Crippen molar-refractivity contribution in [1.29, 1.82) is 0 Å². The molecule has 2 aromatic carbocycles. The van der Waals surface area contributed by atoms with Gasteiger partial charge in [-0.3, -0.25) is 9.52 Å². The zero-order valence-corrected chi connectivity index (χ0v) is 17.6. The number of hydrogen-bond donors (Lipinski definition) is 2. The number of benzene rings is 2. The number of sulfonamides is 1. The smallest absolute Gasteiger partial charge is 0.261 e. The first-order chi connectivity index (χ1) is 15.4. The summed E-state index contributed by atoms with van der Waals surface area (Å²) in [5.74, 6) is -0.463. The highest BCUT2D eigenvalue weighted by Gasteiger charge is 2.16. The minimum Gasteiger partial charge on any atom is -0.352 e. The van der Waals surface area contributed by atoms with Crippen molar-refractivity contribution in [1.82, 2.24) is 24.9 Å². The van der Waals surface area contributed by atoms with Crippen molar-refractivity contribution in [3.8, 4) is 0 Å². The van der Waals surface area contributed by atoms with Crippen LogP contribution in [0.4, 0.5) is 10.1 Å². The van der Waals surface area contributed by atoms with Crippen molar-refractivity contribution in [3.63, 3.8) is 0 Å². The van der Waals surface area contributed by atoms with Gasteiger partial charge in [0.25, 0.3) is 21.7 Å². The third kappa shape index (κ3) is 5.06. The average Bonchev–Trinajstić information content (AvgIpc) is 3.24. The first-order valence-electron chi connectivity index (χ1n) is 9.72. The topological polar surface area (TPSA) is 118 Å². The van der Waals surface area contributed by atoms with E-state index in [4.69, 9.17) is 0 Å². The van der Waals surface area contributed by atoms with Crippen LogP contribution in [0.1, 0.15) is 22.3 Å². The molecule has 0 unspecified atom stereocenters. The first kappa shape index (κ1) is 21.4. The standard InChI is InChI=1S/C21H19FN6O3S/c22-17-6-2-8-19(11-17)32(30,31)27-18-7-1-5-16(10-18)20(29)23-9-3-4-15-12-24-21-25-14-26-28(21)13-15/h1-2,5-8,10-14,27H,3-4,9H2,(H,23,29). The summed E-state index contributed by atoms with van der Waals surface area (Å²) < 4.78 is 42.2. The number of carbonyl (C=O) groups excluding carboxylic acids is 1. The van der Waals surface area contributed by atoms with Gasteiger partial charge in [-0.25, -0.2) is 22.3 Å². The molecule has 0 aliphatic carbocycles. The third-order valence-electron chi connectivity index (χ3n) is 4.60. The van der Waals surface area contributed by atoms with Gasteiger partial charge in [0.15, 0.2) is 0 Å². The third-order valence-corrected chi connectivity index (χ3v) is 5.98. The Labute approximate surface area is 183 Å². The Bertz CT molecular complexity index is 1370. The summed E-state index contributed by atoms with van der Waals surface area (Å²) >= 11 is 0. The molecule has 0 spiro atoms. The van der Waals surface area contributed by atoms with Crippen molar-refractivity contribution in [2.75, 3.05) is 11.3 Å². The van der Waals surface area contributed by atoms with Crippen LogP contribution in [0.15, 0.2) is 72.1 Å². The minimum atomic E-state index is -3.98. The first-order valence-corrected chi connectivity index (χ1v) is 11.2. The predicted molar refractivity (Wildman–Crippen MR) is 115 cm³/mol. The van der Waals surface area contributed by atoms with Crippen molar-refractivity contribution < 1.29 is 17.6 Å². The molecule has 0 aliphatic heterocycles. The molecule has 0 saturated heterocycles. The van der Waals surface area contributed by atoms with Crippen LogP contribution in [0.5, 0.6) is 0 Å². The number of rotatable bonds is 8. The molecule has 0 radical (unpaired) electrons. The van der Waals surface area contributed by atoms with Crippen molar-refractivity contribution in [2.45, 2.75) is 17.7 Å². The van der Waals surface area contributed by atoms with Crippen LogP contribution in [-0.4, -0.2) is 40.5 Å². The number of aryl methyl sites for hydroxylation is 1. The Morgan fingerprint density at radius 3 is 2.78 bits per heavy atom. The quantitative estimate of drug-likeness (QED) is 0.395. The molecule has 0 saturated carbocycles. The summed E-state index contributed by atoms with van der Waals surface area (Å²) in [6.45, 7) is 0.424. The van der Waals surface area contributed by atoms with Gasteiger partial charge in [-0.1, -0.05) is 12.1 Å². The summed E-state index contributed by atoms with van der Waals surface area (Å²) in [5.41, 5.74) is 1.47. The van der Waals surface area contributed by atoms with Crippen LogP contribution < -0.4 is 10.0 Å². The molecule has 2 heterocycles. The van der Waals surface area contributed by atoms with Crippen LogP contribution >= 0.6 is 0 Å². The highest BCUT2D eigenvalue weighted by molar-refractivity contribution is 7.92. The molecule has 0 fully saturated rings. The van der Waals surface area contributed by atoms with E-state index in [9.17, 15) is 17.6 Å². The van der Waals surface area contributed by atoms with Gasteiger partial charge in [-0.05, 0) is 54.8 Å². The number of amides is 1. The van der Waals surface area contributed by atoms with Gasteiger partial charge in [0, 0.05) is 30.2 Å². The number of aromatic nitrogens is 4. The van der Waals surface area contributed by atoms with Gasteiger partial charge in [0.05, 0.1) is 4.90 Å². The summed E-state index contributed by atoms with van der Waals surface area (Å²) in [5, 5.41) is 6.85. The molecular weight excluding hydrogens is 435 g/mol. The fourth-order valence-corrected chi connectivity index (χ4v) is 4.14. The SMILES string of the molecule is O=C(NCCCc1cnc2ncnn2c1)c1cccc(NS(=O)(=O)c2cccc(F)c2)c1. The van der Waals surface area contributed by atoms with Gasteiger partial charge < -0.3 is 5.32 Å². The van der Waals surface area contributed by atoms with Gasteiger partial charge >= 0.3 is 0 Å². The van der Waals surface area contributed by atoms with Crippen LogP contribution in [0, 0.1) is 5.82 Å². The second-order valence-corrected chi connectivity index (χ2v) is 8.65. The van der Waals surface area contributed by atoms with Gasteiger partial charge in [0.2, 0.25) is 0 Å². The zero-order chi connectivity index (χ0) is 22.6. The molecule has 0 atom stereocenters. The molecule has 164 valence electrons. The van der Waals surface area contributed by atoms with E-state index in [-0.39, 0.29) is 16.5 Å². The molecule has 9 nitrogen and oxygen atoms in total. The maximum Gasteiger partial charge on any atom is 0.261 e. The fourth-order valence-electron chi connectivity index (χ4n) is 3.06. The van der Waals surface area contributed by atoms with Crippen molar-refractivity contribution in [3.05, 3.63) is 84.2 Å². The zero-order valence-electron chi connectivity index (χ0n) is 16.8. The Hall–Kier alpha value is -3.86. The monoisotopic (exact) mass is 454 g/mol. The van der Waals surface area contributed by atoms with Gasteiger partial charge in [-0.15, -0.1) is 0 Å². The van der Waals surface area contributed by atoms with E-state index in [1.807, 2.05) is 6.20 Å². The van der Waals surface area contributed by atoms with E-state index >= 15 is 0 Å². The molecule has 2 N–H and O–H groups in total. The molecule has 0 aliphatic rings. The summed E-state index contributed by atoms with van der Waals surface area (Å²) in [4.78, 5) is 20.4. The van der Waals surface area contributed by atoms with Gasteiger partial charge in [-0.2, -0.15) is 10.1 Å². The summed E-state index contributed by atoms with van der Waals surface area (Å²) in [7, 11) is -3.98. The Morgan fingerprint density at radius 2 is 1.94 bits per heavy atom. The van der Waals surface area contributed by atoms with Crippen LogP contribution in [0.25, 0.3) is 5.78 Å². The largest absolute Gasteiger partial charge is 0.352 e. The van der Waals surface area contributed by atoms with Crippen LogP contribution in [0.2, 0.25) is 0 Å². The van der Waals surface area contributed by atoms with Crippen LogP contribution in [-0.2, 0) is 16.4 Å². The number of fused-ring (bicyclic) bond motifs is 1. The Balaban J connectivity index is 1.33. The van der Waals surface area contributed by atoms with E-state index in [2.05, 4.69) is 25.1 Å². The number of hydrogen-bond acceptors (Lipinski definition) is 6. The maximum absolute atomic E-state index is 13.4. The second-order valence-electron chi connectivity index (χ2n) is 6.97.